The molecule has 0 saturated heterocycles. The van der Waals surface area contributed by atoms with Crippen LogP contribution in [0.1, 0.15) is 21.9 Å². The first-order chi connectivity index (χ1) is 10.8. The molecule has 3 rings (SSSR count). The van der Waals surface area contributed by atoms with Crippen molar-refractivity contribution in [3.63, 3.8) is 0 Å². The molecule has 1 unspecified atom stereocenters. The molecule has 0 amide bonds. The molecule has 1 atom stereocenters. The summed E-state index contributed by atoms with van der Waals surface area (Å²) < 4.78 is 1.24. The zero-order chi connectivity index (χ0) is 15.4. The van der Waals surface area contributed by atoms with E-state index < -0.39 is 0 Å². The fourth-order valence-electron chi connectivity index (χ4n) is 2.78. The molecule has 0 bridgehead atoms. The minimum atomic E-state index is -0.141. The quantitative estimate of drug-likeness (QED) is 0.458. The van der Waals surface area contributed by atoms with Crippen molar-refractivity contribution >= 4 is 40.6 Å². The summed E-state index contributed by atoms with van der Waals surface area (Å²) in [7, 11) is 0. The number of hydrogen-bond donors (Lipinski definition) is 1. The molecule has 1 heterocycles. The molecule has 0 aromatic heterocycles. The molecule has 1 aliphatic heterocycles. The maximum atomic E-state index is 11.6. The highest BCUT2D eigenvalue weighted by atomic mass is 127. The summed E-state index contributed by atoms with van der Waals surface area (Å²) in [6.45, 7) is 2.05. The normalized spacial score (nSPS) is 15.7. The number of fused-ring (bicyclic) bond motifs is 1. The molecule has 22 heavy (non-hydrogen) atoms. The van der Waals surface area contributed by atoms with Crippen molar-refractivity contribution in [1.82, 2.24) is 5.32 Å². The Balaban J connectivity index is 1.95. The smallest absolute Gasteiger partial charge is 0.137 e. The summed E-state index contributed by atoms with van der Waals surface area (Å²) in [4.78, 5) is 12.9. The average Bonchev–Trinajstić information content (AvgIpc) is 2.80. The minimum Gasteiger partial charge on any atom is -0.316 e. The van der Waals surface area contributed by atoms with Crippen LogP contribution >= 0.6 is 34.4 Å². The van der Waals surface area contributed by atoms with Gasteiger partial charge in [0.05, 0.1) is 5.25 Å². The summed E-state index contributed by atoms with van der Waals surface area (Å²) in [6, 6.07) is 14.5. The molecule has 1 N–H and O–H groups in total. The number of aldehydes is 1. The highest BCUT2D eigenvalue weighted by Gasteiger charge is 2.19. The molecule has 0 radical (unpaired) electrons. The fraction of sp³-hybridized carbons (Fsp3) is 0.278. The van der Waals surface area contributed by atoms with E-state index in [2.05, 4.69) is 40.0 Å². The zero-order valence-corrected chi connectivity index (χ0v) is 15.2. The fourth-order valence-corrected chi connectivity index (χ4v) is 4.83. The first kappa shape index (κ1) is 16.0. The highest BCUT2D eigenvalue weighted by Crippen LogP contribution is 2.40. The lowest BCUT2D eigenvalue weighted by Gasteiger charge is -2.17. The Morgan fingerprint density at radius 3 is 2.64 bits per heavy atom. The Morgan fingerprint density at radius 2 is 1.86 bits per heavy atom. The highest BCUT2D eigenvalue weighted by molar-refractivity contribution is 14.1. The van der Waals surface area contributed by atoms with Crippen LogP contribution in [-0.4, -0.2) is 19.4 Å². The Hall–Kier alpha value is -0.850. The van der Waals surface area contributed by atoms with Gasteiger partial charge in [0.2, 0.25) is 0 Å². The average molecular weight is 423 g/mol. The van der Waals surface area contributed by atoms with Gasteiger partial charge in [0, 0.05) is 8.47 Å². The molecule has 4 heteroatoms. The van der Waals surface area contributed by atoms with Crippen molar-refractivity contribution in [3.05, 3.63) is 62.7 Å². The van der Waals surface area contributed by atoms with Crippen LogP contribution in [0.15, 0.2) is 47.4 Å². The van der Waals surface area contributed by atoms with E-state index in [1.165, 1.54) is 19.6 Å². The van der Waals surface area contributed by atoms with Crippen LogP contribution in [0.2, 0.25) is 0 Å². The van der Waals surface area contributed by atoms with Crippen LogP contribution < -0.4 is 5.32 Å². The molecular formula is C18H18INOS. The monoisotopic (exact) mass is 423 g/mol. The maximum absolute atomic E-state index is 11.6. The zero-order valence-electron chi connectivity index (χ0n) is 12.2. The largest absolute Gasteiger partial charge is 0.316 e. The van der Waals surface area contributed by atoms with Crippen molar-refractivity contribution in [2.45, 2.75) is 23.0 Å². The van der Waals surface area contributed by atoms with Gasteiger partial charge in [0.25, 0.3) is 0 Å². The van der Waals surface area contributed by atoms with Crippen LogP contribution in [0.4, 0.5) is 0 Å². The van der Waals surface area contributed by atoms with Crippen LogP contribution in [0.5, 0.6) is 0 Å². The Bertz CT molecular complexity index is 660. The minimum absolute atomic E-state index is 0.141. The second-order valence-electron chi connectivity index (χ2n) is 5.35. The number of rotatable bonds is 4. The molecule has 0 saturated carbocycles. The molecule has 1 aliphatic rings. The van der Waals surface area contributed by atoms with Gasteiger partial charge in [-0.05, 0) is 71.3 Å². The molecular weight excluding hydrogens is 405 g/mol. The predicted octanol–water partition coefficient (Wildman–Crippen LogP) is 4.01. The third-order valence-electron chi connectivity index (χ3n) is 3.93. The summed E-state index contributed by atoms with van der Waals surface area (Å²) in [5, 5.41) is 3.32. The van der Waals surface area contributed by atoms with Crippen molar-refractivity contribution in [2.75, 3.05) is 13.1 Å². The van der Waals surface area contributed by atoms with E-state index in [-0.39, 0.29) is 5.25 Å². The van der Waals surface area contributed by atoms with Crippen molar-refractivity contribution in [1.29, 1.82) is 0 Å². The number of halogens is 1. The predicted molar refractivity (Wildman–Crippen MR) is 101 cm³/mol. The van der Waals surface area contributed by atoms with Crippen LogP contribution in [-0.2, 0) is 17.6 Å². The summed E-state index contributed by atoms with van der Waals surface area (Å²) in [5.74, 6) is 0. The Labute approximate surface area is 149 Å². The van der Waals surface area contributed by atoms with E-state index in [0.29, 0.717) is 0 Å². The van der Waals surface area contributed by atoms with Gasteiger partial charge in [0.15, 0.2) is 0 Å². The molecule has 0 spiro atoms. The van der Waals surface area contributed by atoms with E-state index in [1.54, 1.807) is 11.8 Å². The topological polar surface area (TPSA) is 29.1 Å². The number of carbonyl (C=O) groups excluding carboxylic acids is 1. The van der Waals surface area contributed by atoms with Gasteiger partial charge in [-0.3, -0.25) is 0 Å². The SMILES string of the molecule is O=CC(Sc1c(I)ccc2c1CCNCC2)c1ccccc1. The number of nitrogens with one attached hydrogen (secondary N) is 1. The number of carbonyl (C=O) groups is 1. The van der Waals surface area contributed by atoms with Crippen LogP contribution in [0, 0.1) is 3.57 Å². The maximum Gasteiger partial charge on any atom is 0.137 e. The van der Waals surface area contributed by atoms with E-state index in [4.69, 9.17) is 0 Å². The van der Waals surface area contributed by atoms with Crippen LogP contribution in [0.25, 0.3) is 0 Å². The van der Waals surface area contributed by atoms with Gasteiger partial charge in [0.1, 0.15) is 6.29 Å². The third-order valence-corrected chi connectivity index (χ3v) is 6.53. The van der Waals surface area contributed by atoms with E-state index in [0.717, 1.165) is 37.8 Å². The molecule has 114 valence electrons. The standard InChI is InChI=1S/C18H18INOS/c19-16-7-6-13-8-10-20-11-9-15(13)18(16)22-17(12-21)14-4-2-1-3-5-14/h1-7,12,17,20H,8-11H2. The molecule has 2 nitrogen and oxygen atoms in total. The van der Waals surface area contributed by atoms with Crippen molar-refractivity contribution < 1.29 is 4.79 Å². The first-order valence-electron chi connectivity index (χ1n) is 7.47. The number of thioether (sulfide) groups is 1. The second kappa shape index (κ2) is 7.62. The van der Waals surface area contributed by atoms with E-state index in [1.807, 2.05) is 30.3 Å². The van der Waals surface area contributed by atoms with Crippen molar-refractivity contribution in [3.8, 4) is 0 Å². The third kappa shape index (κ3) is 3.55. The summed E-state index contributed by atoms with van der Waals surface area (Å²) in [5.41, 5.74) is 3.91. The van der Waals surface area contributed by atoms with Crippen LogP contribution in [0.3, 0.4) is 0 Å². The lowest BCUT2D eigenvalue weighted by atomic mass is 10.0. The Kier molecular flexibility index (Phi) is 5.55. The molecule has 2 aromatic rings. The lowest BCUT2D eigenvalue weighted by molar-refractivity contribution is -0.107. The van der Waals surface area contributed by atoms with Gasteiger partial charge in [-0.2, -0.15) is 0 Å². The van der Waals surface area contributed by atoms with Crippen molar-refractivity contribution in [2.24, 2.45) is 0 Å². The van der Waals surface area contributed by atoms with Gasteiger partial charge in [-0.15, -0.1) is 11.8 Å². The van der Waals surface area contributed by atoms with E-state index in [9.17, 15) is 4.79 Å². The first-order valence-corrected chi connectivity index (χ1v) is 9.43. The Morgan fingerprint density at radius 1 is 1.09 bits per heavy atom. The molecule has 2 aromatic carbocycles. The van der Waals surface area contributed by atoms with Gasteiger partial charge in [-0.25, -0.2) is 0 Å². The van der Waals surface area contributed by atoms with E-state index >= 15 is 0 Å². The summed E-state index contributed by atoms with van der Waals surface area (Å²) in [6.07, 6.45) is 3.16. The lowest BCUT2D eigenvalue weighted by Crippen LogP contribution is -2.16. The van der Waals surface area contributed by atoms with Gasteiger partial charge in [-0.1, -0.05) is 36.4 Å². The molecule has 0 aliphatic carbocycles. The van der Waals surface area contributed by atoms with Gasteiger partial charge >= 0.3 is 0 Å². The molecule has 0 fully saturated rings. The van der Waals surface area contributed by atoms with Gasteiger partial charge < -0.3 is 10.1 Å². The summed E-state index contributed by atoms with van der Waals surface area (Å²) >= 11 is 4.08. The number of hydrogen-bond acceptors (Lipinski definition) is 3. The number of benzene rings is 2. The second-order valence-corrected chi connectivity index (χ2v) is 7.66.